The monoisotopic (exact) mass is 331 g/mol. The van der Waals surface area contributed by atoms with Gasteiger partial charge in [0.25, 0.3) is 0 Å². The van der Waals surface area contributed by atoms with Gasteiger partial charge in [-0.15, -0.1) is 0 Å². The number of hydrogen-bond donors (Lipinski definition) is 1. The van der Waals surface area contributed by atoms with Crippen molar-refractivity contribution in [3.05, 3.63) is 0 Å². The molecule has 122 valence electrons. The van der Waals surface area contributed by atoms with Gasteiger partial charge in [0.05, 0.1) is 19.3 Å². The number of sulfonamides is 1. The molecule has 2 rings (SSSR count). The quantitative estimate of drug-likeness (QED) is 0.758. The summed E-state index contributed by atoms with van der Waals surface area (Å²) in [6.07, 6.45) is 1.66. The Bertz CT molecular complexity index is 489. The minimum atomic E-state index is -5.64. The molecule has 2 fully saturated rings. The number of rotatable bonds is 5. The summed E-state index contributed by atoms with van der Waals surface area (Å²) < 4.78 is 70.0. The van der Waals surface area contributed by atoms with E-state index in [1.807, 2.05) is 0 Å². The molecule has 2 aliphatic rings. The first-order chi connectivity index (χ1) is 9.69. The summed E-state index contributed by atoms with van der Waals surface area (Å²) >= 11 is 0. The van der Waals surface area contributed by atoms with Crippen LogP contribution in [0.1, 0.15) is 25.7 Å². The molecular weight excluding hydrogens is 315 g/mol. The van der Waals surface area contributed by atoms with Crippen LogP contribution in [-0.4, -0.2) is 45.3 Å². The summed E-state index contributed by atoms with van der Waals surface area (Å²) in [5, 5.41) is 0. The summed E-state index contributed by atoms with van der Waals surface area (Å²) in [6, 6.07) is 0. The van der Waals surface area contributed by atoms with Crippen LogP contribution in [0, 0.1) is 5.92 Å². The molecule has 10 heteroatoms. The number of hydrogen-bond acceptors (Lipinski definition) is 5. The molecule has 1 amide bonds. The van der Waals surface area contributed by atoms with Gasteiger partial charge in [-0.2, -0.15) is 21.6 Å². The van der Waals surface area contributed by atoms with Crippen LogP contribution in [0.3, 0.4) is 0 Å². The van der Waals surface area contributed by atoms with Crippen LogP contribution in [0.25, 0.3) is 0 Å². The maximum absolute atomic E-state index is 12.2. The number of amides is 1. The van der Waals surface area contributed by atoms with Crippen LogP contribution in [0.2, 0.25) is 0 Å². The molecule has 3 atom stereocenters. The van der Waals surface area contributed by atoms with E-state index in [1.165, 1.54) is 0 Å². The number of carbonyl (C=O) groups is 1. The number of ether oxygens (including phenoxy) is 2. The summed E-state index contributed by atoms with van der Waals surface area (Å²) in [6.45, 7) is 1.01. The first-order valence-electron chi connectivity index (χ1n) is 6.55. The zero-order valence-corrected chi connectivity index (χ0v) is 11.9. The van der Waals surface area contributed by atoms with Crippen molar-refractivity contribution in [3.8, 4) is 0 Å². The molecule has 1 aliphatic carbocycles. The third-order valence-corrected chi connectivity index (χ3v) is 4.54. The van der Waals surface area contributed by atoms with Gasteiger partial charge in [-0.1, -0.05) is 6.42 Å². The fourth-order valence-electron chi connectivity index (χ4n) is 2.22. The zero-order chi connectivity index (χ0) is 15.7. The van der Waals surface area contributed by atoms with Gasteiger partial charge < -0.3 is 9.47 Å². The molecular formula is C11H16F3NO5S. The Balaban J connectivity index is 1.86. The molecule has 1 heterocycles. The average molecular weight is 331 g/mol. The normalized spacial score (nSPS) is 30.0. The van der Waals surface area contributed by atoms with Crippen molar-refractivity contribution in [1.29, 1.82) is 0 Å². The van der Waals surface area contributed by atoms with Gasteiger partial charge >= 0.3 is 15.5 Å². The van der Waals surface area contributed by atoms with Crippen molar-refractivity contribution in [2.24, 2.45) is 5.92 Å². The number of epoxide rings is 1. The molecule has 1 saturated heterocycles. The molecule has 0 bridgehead atoms. The van der Waals surface area contributed by atoms with Crippen molar-refractivity contribution in [2.75, 3.05) is 13.2 Å². The largest absolute Gasteiger partial charge is 0.516 e. The third-order valence-electron chi connectivity index (χ3n) is 3.46. The van der Waals surface area contributed by atoms with Crippen molar-refractivity contribution < 1.29 is 35.9 Å². The van der Waals surface area contributed by atoms with E-state index >= 15 is 0 Å². The van der Waals surface area contributed by atoms with Gasteiger partial charge in [0.15, 0.2) is 0 Å². The molecule has 1 saturated carbocycles. The van der Waals surface area contributed by atoms with Crippen LogP contribution in [-0.2, 0) is 24.3 Å². The predicted molar refractivity (Wildman–Crippen MR) is 64.6 cm³/mol. The minimum absolute atomic E-state index is 0.0600. The lowest BCUT2D eigenvalue weighted by Gasteiger charge is -2.28. The van der Waals surface area contributed by atoms with Gasteiger partial charge in [0.2, 0.25) is 5.91 Å². The lowest BCUT2D eigenvalue weighted by molar-refractivity contribution is -0.126. The molecule has 1 aliphatic heterocycles. The number of nitrogens with one attached hydrogen (secondary N) is 1. The van der Waals surface area contributed by atoms with Crippen molar-refractivity contribution in [2.45, 2.75) is 43.4 Å². The van der Waals surface area contributed by atoms with Crippen molar-refractivity contribution in [1.82, 2.24) is 4.72 Å². The van der Waals surface area contributed by atoms with Gasteiger partial charge in [0.1, 0.15) is 6.10 Å². The second-order valence-electron chi connectivity index (χ2n) is 5.19. The lowest BCUT2D eigenvalue weighted by atomic mass is 9.87. The summed E-state index contributed by atoms with van der Waals surface area (Å²) in [5.41, 5.74) is -5.49. The Morgan fingerprint density at radius 1 is 1.33 bits per heavy atom. The van der Waals surface area contributed by atoms with E-state index in [2.05, 4.69) is 0 Å². The maximum atomic E-state index is 12.2. The van der Waals surface area contributed by atoms with Gasteiger partial charge in [-0.25, -0.2) is 4.72 Å². The Labute approximate surface area is 120 Å². The van der Waals surface area contributed by atoms with Crippen molar-refractivity contribution in [3.63, 3.8) is 0 Å². The van der Waals surface area contributed by atoms with Crippen molar-refractivity contribution >= 4 is 15.9 Å². The standard InChI is InChI=1S/C11H16F3NO5S/c12-11(13,14)21(17,18)15-10(16)7-2-1-3-8(4-7)19-5-9-6-20-9/h7-9H,1-6H2,(H,15,16). The molecule has 0 aromatic rings. The van der Waals surface area contributed by atoms with Crippen LogP contribution >= 0.6 is 0 Å². The zero-order valence-electron chi connectivity index (χ0n) is 11.1. The summed E-state index contributed by atoms with van der Waals surface area (Å²) in [7, 11) is -5.64. The SMILES string of the molecule is O=C(NS(=O)(=O)C(F)(F)F)C1CCCC(OCC2CO2)C1. The fourth-order valence-corrected chi connectivity index (χ4v) is 2.76. The molecule has 6 nitrogen and oxygen atoms in total. The highest BCUT2D eigenvalue weighted by Crippen LogP contribution is 2.29. The van der Waals surface area contributed by atoms with E-state index in [-0.39, 0.29) is 18.6 Å². The third kappa shape index (κ3) is 4.55. The van der Waals surface area contributed by atoms with E-state index in [0.29, 0.717) is 32.5 Å². The van der Waals surface area contributed by atoms with Gasteiger partial charge in [-0.05, 0) is 19.3 Å². The highest BCUT2D eigenvalue weighted by molar-refractivity contribution is 7.90. The van der Waals surface area contributed by atoms with E-state index in [1.54, 1.807) is 0 Å². The smallest absolute Gasteiger partial charge is 0.375 e. The summed E-state index contributed by atoms with van der Waals surface area (Å²) in [4.78, 5) is 11.7. The number of carbonyl (C=O) groups excluding carboxylic acids is 1. The molecule has 1 N–H and O–H groups in total. The minimum Gasteiger partial charge on any atom is -0.375 e. The fraction of sp³-hybridized carbons (Fsp3) is 0.909. The maximum Gasteiger partial charge on any atom is 0.516 e. The Morgan fingerprint density at radius 3 is 2.57 bits per heavy atom. The van der Waals surface area contributed by atoms with E-state index in [4.69, 9.17) is 9.47 Å². The molecule has 0 radical (unpaired) electrons. The highest BCUT2D eigenvalue weighted by Gasteiger charge is 2.47. The first-order valence-corrected chi connectivity index (χ1v) is 8.03. The Hall–Kier alpha value is -0.870. The Kier molecular flexibility index (Phi) is 4.79. The average Bonchev–Trinajstić information content (AvgIpc) is 3.19. The topological polar surface area (TPSA) is 85.0 Å². The molecule has 3 unspecified atom stereocenters. The van der Waals surface area contributed by atoms with Crippen LogP contribution in [0.15, 0.2) is 0 Å². The van der Waals surface area contributed by atoms with Gasteiger partial charge in [0, 0.05) is 5.92 Å². The molecule has 0 aromatic carbocycles. The summed E-state index contributed by atoms with van der Waals surface area (Å²) in [5.74, 6) is -1.91. The number of alkyl halides is 3. The predicted octanol–water partition coefficient (Wildman–Crippen LogP) is 0.926. The van der Waals surface area contributed by atoms with Gasteiger partial charge in [-0.3, -0.25) is 4.79 Å². The van der Waals surface area contributed by atoms with Crippen LogP contribution in [0.5, 0.6) is 0 Å². The van der Waals surface area contributed by atoms with Crippen LogP contribution < -0.4 is 4.72 Å². The second kappa shape index (κ2) is 6.09. The van der Waals surface area contributed by atoms with E-state index < -0.39 is 27.4 Å². The second-order valence-corrected chi connectivity index (χ2v) is 6.86. The lowest BCUT2D eigenvalue weighted by Crippen LogP contribution is -2.44. The number of halogens is 3. The Morgan fingerprint density at radius 2 is 2.00 bits per heavy atom. The van der Waals surface area contributed by atoms with E-state index in [0.717, 1.165) is 4.72 Å². The molecule has 0 aromatic heterocycles. The van der Waals surface area contributed by atoms with E-state index in [9.17, 15) is 26.4 Å². The first kappa shape index (κ1) is 16.5. The highest BCUT2D eigenvalue weighted by atomic mass is 32.2. The molecule has 21 heavy (non-hydrogen) atoms. The molecule has 0 spiro atoms. The van der Waals surface area contributed by atoms with Crippen LogP contribution in [0.4, 0.5) is 13.2 Å².